The molecule has 0 spiro atoms. The van der Waals surface area contributed by atoms with Gasteiger partial charge in [-0.05, 0) is 37.3 Å². The normalized spacial score (nSPS) is 11.0. The molecule has 0 bridgehead atoms. The van der Waals surface area contributed by atoms with Gasteiger partial charge < -0.3 is 4.74 Å². The van der Waals surface area contributed by atoms with Gasteiger partial charge in [-0.15, -0.1) is 5.10 Å². The lowest BCUT2D eigenvalue weighted by Crippen LogP contribution is -2.02. The summed E-state index contributed by atoms with van der Waals surface area (Å²) in [5.41, 5.74) is 3.74. The number of para-hydroxylation sites is 1. The van der Waals surface area contributed by atoms with Crippen molar-refractivity contribution in [1.82, 2.24) is 20.0 Å². The summed E-state index contributed by atoms with van der Waals surface area (Å²) in [5, 5.41) is 9.87. The number of aryl methyl sites for hydroxylation is 1. The highest BCUT2D eigenvalue weighted by Gasteiger charge is 2.08. The standard InChI is InChI=1S/C20H17ClN4O/c1-14-7-8-19-15(9-14)10-16(20(21)22-19)11-25-12-17(23-24-25)13-26-18-5-3-2-4-6-18/h2-10,12H,11,13H2,1H3. The maximum absolute atomic E-state index is 6.34. The minimum absolute atomic E-state index is 0.368. The molecule has 0 saturated carbocycles. The van der Waals surface area contributed by atoms with Crippen molar-refractivity contribution in [2.24, 2.45) is 0 Å². The Kier molecular flexibility index (Phi) is 4.54. The summed E-state index contributed by atoms with van der Waals surface area (Å²) in [4.78, 5) is 4.47. The number of hydrogen-bond acceptors (Lipinski definition) is 4. The van der Waals surface area contributed by atoms with E-state index in [1.165, 1.54) is 5.56 Å². The van der Waals surface area contributed by atoms with Gasteiger partial charge in [-0.1, -0.05) is 46.6 Å². The molecule has 0 radical (unpaired) electrons. The van der Waals surface area contributed by atoms with Crippen LogP contribution in [0.2, 0.25) is 5.15 Å². The van der Waals surface area contributed by atoms with E-state index in [1.54, 1.807) is 4.68 Å². The van der Waals surface area contributed by atoms with Crippen molar-refractivity contribution in [2.45, 2.75) is 20.1 Å². The van der Waals surface area contributed by atoms with Crippen molar-refractivity contribution < 1.29 is 4.74 Å². The molecule has 0 N–H and O–H groups in total. The van der Waals surface area contributed by atoms with E-state index < -0.39 is 0 Å². The number of pyridine rings is 1. The second-order valence-electron chi connectivity index (χ2n) is 6.14. The Morgan fingerprint density at radius 1 is 1.08 bits per heavy atom. The van der Waals surface area contributed by atoms with Crippen LogP contribution < -0.4 is 4.74 Å². The number of fused-ring (bicyclic) bond motifs is 1. The molecular formula is C20H17ClN4O. The van der Waals surface area contributed by atoms with Gasteiger partial charge in [-0.2, -0.15) is 0 Å². The van der Waals surface area contributed by atoms with E-state index >= 15 is 0 Å². The molecule has 0 aliphatic heterocycles. The summed E-state index contributed by atoms with van der Waals surface area (Å²) in [6.45, 7) is 2.94. The van der Waals surface area contributed by atoms with Crippen LogP contribution in [0.15, 0.2) is 60.8 Å². The van der Waals surface area contributed by atoms with Crippen LogP contribution in [0.4, 0.5) is 0 Å². The summed E-state index contributed by atoms with van der Waals surface area (Å²) in [6, 6.07) is 17.8. The monoisotopic (exact) mass is 364 g/mol. The molecule has 0 aliphatic rings. The largest absolute Gasteiger partial charge is 0.487 e. The molecule has 6 heteroatoms. The van der Waals surface area contributed by atoms with Crippen molar-refractivity contribution >= 4 is 22.5 Å². The fraction of sp³-hybridized carbons (Fsp3) is 0.150. The molecule has 5 nitrogen and oxygen atoms in total. The van der Waals surface area contributed by atoms with Crippen LogP contribution in [0, 0.1) is 6.92 Å². The van der Waals surface area contributed by atoms with Crippen molar-refractivity contribution in [3.05, 3.63) is 82.8 Å². The van der Waals surface area contributed by atoms with Gasteiger partial charge in [0.25, 0.3) is 0 Å². The second kappa shape index (κ2) is 7.14. The van der Waals surface area contributed by atoms with E-state index in [0.717, 1.165) is 27.9 Å². The van der Waals surface area contributed by atoms with Gasteiger partial charge >= 0.3 is 0 Å². The summed E-state index contributed by atoms with van der Waals surface area (Å²) < 4.78 is 7.44. The van der Waals surface area contributed by atoms with Crippen LogP contribution in [0.3, 0.4) is 0 Å². The van der Waals surface area contributed by atoms with Gasteiger partial charge in [0.1, 0.15) is 23.2 Å². The SMILES string of the molecule is Cc1ccc2nc(Cl)c(Cn3cc(COc4ccccc4)nn3)cc2c1. The Balaban J connectivity index is 1.50. The molecule has 0 unspecified atom stereocenters. The maximum atomic E-state index is 6.34. The Hall–Kier alpha value is -2.92. The zero-order valence-electron chi connectivity index (χ0n) is 14.3. The Morgan fingerprint density at radius 2 is 1.92 bits per heavy atom. The quantitative estimate of drug-likeness (QED) is 0.492. The smallest absolute Gasteiger partial charge is 0.134 e. The van der Waals surface area contributed by atoms with Crippen LogP contribution in [-0.2, 0) is 13.2 Å². The highest BCUT2D eigenvalue weighted by atomic mass is 35.5. The fourth-order valence-electron chi connectivity index (χ4n) is 2.76. The molecule has 0 fully saturated rings. The lowest BCUT2D eigenvalue weighted by molar-refractivity contribution is 0.301. The van der Waals surface area contributed by atoms with E-state index in [4.69, 9.17) is 16.3 Å². The predicted molar refractivity (Wildman–Crippen MR) is 101 cm³/mol. The van der Waals surface area contributed by atoms with E-state index in [1.807, 2.05) is 48.7 Å². The first-order valence-corrected chi connectivity index (χ1v) is 8.68. The van der Waals surface area contributed by atoms with Gasteiger partial charge in [-0.3, -0.25) is 0 Å². The highest BCUT2D eigenvalue weighted by Crippen LogP contribution is 2.22. The van der Waals surface area contributed by atoms with E-state index in [2.05, 4.69) is 34.4 Å². The number of nitrogens with zero attached hydrogens (tertiary/aromatic N) is 4. The van der Waals surface area contributed by atoms with Crippen LogP contribution >= 0.6 is 11.6 Å². The van der Waals surface area contributed by atoms with E-state index in [-0.39, 0.29) is 0 Å². The summed E-state index contributed by atoms with van der Waals surface area (Å²) in [7, 11) is 0. The molecule has 0 saturated heterocycles. The Bertz CT molecular complexity index is 1050. The van der Waals surface area contributed by atoms with Crippen molar-refractivity contribution in [2.75, 3.05) is 0 Å². The number of halogens is 1. The molecular weight excluding hydrogens is 348 g/mol. The predicted octanol–water partition coefficient (Wildman–Crippen LogP) is 4.42. The summed E-state index contributed by atoms with van der Waals surface area (Å²) >= 11 is 6.34. The summed E-state index contributed by atoms with van der Waals surface area (Å²) in [5.74, 6) is 0.805. The first-order valence-electron chi connectivity index (χ1n) is 8.30. The Labute approximate surface area is 156 Å². The highest BCUT2D eigenvalue weighted by molar-refractivity contribution is 6.30. The molecule has 2 aromatic carbocycles. The second-order valence-corrected chi connectivity index (χ2v) is 6.50. The Morgan fingerprint density at radius 3 is 2.77 bits per heavy atom. The first kappa shape index (κ1) is 16.5. The van der Waals surface area contributed by atoms with Crippen LogP contribution in [0.5, 0.6) is 5.75 Å². The van der Waals surface area contributed by atoms with Crippen molar-refractivity contribution in [3.63, 3.8) is 0 Å². The lowest BCUT2D eigenvalue weighted by atomic mass is 10.1. The molecule has 0 atom stereocenters. The zero-order valence-corrected chi connectivity index (χ0v) is 15.0. The number of hydrogen-bond donors (Lipinski definition) is 0. The molecule has 2 heterocycles. The first-order chi connectivity index (χ1) is 12.7. The van der Waals surface area contributed by atoms with Gasteiger partial charge in [0.2, 0.25) is 0 Å². The third-order valence-electron chi connectivity index (χ3n) is 4.04. The van der Waals surface area contributed by atoms with Crippen molar-refractivity contribution in [1.29, 1.82) is 0 Å². The number of aromatic nitrogens is 4. The van der Waals surface area contributed by atoms with Crippen molar-refractivity contribution in [3.8, 4) is 5.75 Å². The van der Waals surface area contributed by atoms with Gasteiger partial charge in [-0.25, -0.2) is 9.67 Å². The third kappa shape index (κ3) is 3.68. The number of rotatable bonds is 5. The fourth-order valence-corrected chi connectivity index (χ4v) is 2.96. The number of ether oxygens (including phenoxy) is 1. The van der Waals surface area contributed by atoms with Gasteiger partial charge in [0, 0.05) is 10.9 Å². The summed E-state index contributed by atoms with van der Waals surface area (Å²) in [6.07, 6.45) is 1.86. The minimum Gasteiger partial charge on any atom is -0.487 e. The molecule has 130 valence electrons. The van der Waals surface area contributed by atoms with Crippen LogP contribution in [-0.4, -0.2) is 20.0 Å². The van der Waals surface area contributed by atoms with E-state index in [0.29, 0.717) is 18.3 Å². The average Bonchev–Trinajstić information content (AvgIpc) is 3.09. The molecule has 2 aromatic heterocycles. The third-order valence-corrected chi connectivity index (χ3v) is 4.37. The molecule has 4 aromatic rings. The minimum atomic E-state index is 0.368. The zero-order chi connectivity index (χ0) is 17.9. The van der Waals surface area contributed by atoms with Crippen LogP contribution in [0.1, 0.15) is 16.8 Å². The van der Waals surface area contributed by atoms with Crippen LogP contribution in [0.25, 0.3) is 10.9 Å². The molecule has 0 aliphatic carbocycles. The number of benzene rings is 2. The molecule has 4 rings (SSSR count). The van der Waals surface area contributed by atoms with Gasteiger partial charge in [0.05, 0.1) is 18.3 Å². The molecule has 0 amide bonds. The lowest BCUT2D eigenvalue weighted by Gasteiger charge is -2.06. The molecule has 26 heavy (non-hydrogen) atoms. The topological polar surface area (TPSA) is 52.8 Å². The maximum Gasteiger partial charge on any atom is 0.134 e. The van der Waals surface area contributed by atoms with Gasteiger partial charge in [0.15, 0.2) is 0 Å². The van der Waals surface area contributed by atoms with E-state index in [9.17, 15) is 0 Å². The average molecular weight is 365 g/mol.